The average molecular weight is 308 g/mol. The highest BCUT2D eigenvalue weighted by atomic mass is 16.7. The van der Waals surface area contributed by atoms with E-state index in [-0.39, 0.29) is 5.92 Å². The number of aliphatic hydroxyl groups is 1. The molecule has 3 nitrogen and oxygen atoms in total. The van der Waals surface area contributed by atoms with E-state index in [1.165, 1.54) is 0 Å². The van der Waals surface area contributed by atoms with Crippen LogP contribution in [0.2, 0.25) is 0 Å². The van der Waals surface area contributed by atoms with E-state index < -0.39 is 17.5 Å². The minimum Gasteiger partial charge on any atom is -0.467 e. The van der Waals surface area contributed by atoms with Gasteiger partial charge in [0.15, 0.2) is 0 Å². The number of benzene rings is 2. The van der Waals surface area contributed by atoms with Crippen LogP contribution >= 0.6 is 0 Å². The highest BCUT2D eigenvalue weighted by molar-refractivity contribution is 5.44. The van der Waals surface area contributed by atoms with Gasteiger partial charge in [-0.1, -0.05) is 67.6 Å². The van der Waals surface area contributed by atoms with Gasteiger partial charge in [0.2, 0.25) is 5.79 Å². The molecule has 4 rings (SSSR count). The lowest BCUT2D eigenvalue weighted by Gasteiger charge is -2.59. The zero-order valence-corrected chi connectivity index (χ0v) is 13.1. The maximum Gasteiger partial charge on any atom is 0.246 e. The number of hydrogen-bond donors (Lipinski definition) is 1. The second kappa shape index (κ2) is 5.22. The Morgan fingerprint density at radius 2 is 1.57 bits per heavy atom. The van der Waals surface area contributed by atoms with E-state index in [2.05, 4.69) is 24.3 Å². The van der Waals surface area contributed by atoms with Gasteiger partial charge < -0.3 is 14.6 Å². The van der Waals surface area contributed by atoms with E-state index in [0.29, 0.717) is 6.42 Å². The largest absolute Gasteiger partial charge is 0.467 e. The SMILES string of the molecule is CC[C@H](O)[C@]12OC=C[C@H]1C(c1ccccc1)(c1ccccc1)O2. The number of fused-ring (bicyclic) bond motifs is 1. The average Bonchev–Trinajstić information content (AvgIpc) is 2.96. The second-order valence-corrected chi connectivity index (χ2v) is 6.14. The molecule has 1 saturated heterocycles. The molecule has 118 valence electrons. The van der Waals surface area contributed by atoms with Gasteiger partial charge in [0.1, 0.15) is 11.7 Å². The molecular weight excluding hydrogens is 288 g/mol. The van der Waals surface area contributed by atoms with Crippen LogP contribution in [0.25, 0.3) is 0 Å². The van der Waals surface area contributed by atoms with Gasteiger partial charge >= 0.3 is 0 Å². The molecule has 0 aromatic heterocycles. The predicted octanol–water partition coefficient (Wildman–Crippen LogP) is 3.59. The molecule has 2 aromatic carbocycles. The minimum absolute atomic E-state index is 0.0604. The standard InChI is InChI=1S/C20H20O3/c1-2-18(21)20-17(13-14-22-20)19(23-20,15-9-5-3-6-10-15)16-11-7-4-8-12-16/h3-14,17-18,21H,2H2,1H3/t17-,18-,20-/m0/s1. The molecule has 2 heterocycles. The maximum atomic E-state index is 10.5. The summed E-state index contributed by atoms with van der Waals surface area (Å²) in [6.45, 7) is 1.94. The maximum absolute atomic E-state index is 10.5. The van der Waals surface area contributed by atoms with Crippen molar-refractivity contribution in [1.82, 2.24) is 0 Å². The van der Waals surface area contributed by atoms with Gasteiger partial charge in [0.05, 0.1) is 12.2 Å². The number of hydrogen-bond acceptors (Lipinski definition) is 3. The summed E-state index contributed by atoms with van der Waals surface area (Å²) in [5.41, 5.74) is 1.53. The topological polar surface area (TPSA) is 38.7 Å². The van der Waals surface area contributed by atoms with Crippen molar-refractivity contribution in [2.24, 2.45) is 5.92 Å². The van der Waals surface area contributed by atoms with Crippen molar-refractivity contribution in [3.8, 4) is 0 Å². The summed E-state index contributed by atoms with van der Waals surface area (Å²) in [4.78, 5) is 0. The highest BCUT2D eigenvalue weighted by Crippen LogP contribution is 2.62. The molecular formula is C20H20O3. The van der Waals surface area contributed by atoms with E-state index in [1.807, 2.05) is 49.4 Å². The van der Waals surface area contributed by atoms with E-state index in [1.54, 1.807) is 6.26 Å². The molecule has 0 radical (unpaired) electrons. The van der Waals surface area contributed by atoms with Crippen LogP contribution < -0.4 is 0 Å². The van der Waals surface area contributed by atoms with Crippen LogP contribution in [-0.4, -0.2) is 17.0 Å². The first kappa shape index (κ1) is 14.5. The number of rotatable bonds is 4. The summed E-state index contributed by atoms with van der Waals surface area (Å²) >= 11 is 0. The monoisotopic (exact) mass is 308 g/mol. The van der Waals surface area contributed by atoms with Crippen molar-refractivity contribution < 1.29 is 14.6 Å². The van der Waals surface area contributed by atoms with Gasteiger partial charge in [0, 0.05) is 0 Å². The zero-order valence-electron chi connectivity index (χ0n) is 13.1. The molecule has 3 atom stereocenters. The lowest BCUT2D eigenvalue weighted by molar-refractivity contribution is -0.410. The molecule has 0 aliphatic carbocycles. The molecule has 0 saturated carbocycles. The molecule has 1 fully saturated rings. The van der Waals surface area contributed by atoms with Crippen LogP contribution in [0.1, 0.15) is 24.5 Å². The Hall–Kier alpha value is -2.10. The lowest BCUT2D eigenvalue weighted by Crippen LogP contribution is -2.70. The Morgan fingerprint density at radius 3 is 2.09 bits per heavy atom. The minimum atomic E-state index is -0.972. The highest BCUT2D eigenvalue weighted by Gasteiger charge is 2.71. The number of aliphatic hydroxyl groups excluding tert-OH is 1. The van der Waals surface area contributed by atoms with Crippen LogP contribution in [0.5, 0.6) is 0 Å². The molecule has 0 spiro atoms. The van der Waals surface area contributed by atoms with Crippen molar-refractivity contribution >= 4 is 0 Å². The molecule has 0 unspecified atom stereocenters. The van der Waals surface area contributed by atoms with E-state index >= 15 is 0 Å². The second-order valence-electron chi connectivity index (χ2n) is 6.14. The molecule has 0 amide bonds. The molecule has 23 heavy (non-hydrogen) atoms. The lowest BCUT2D eigenvalue weighted by atomic mass is 9.65. The van der Waals surface area contributed by atoms with Gasteiger partial charge in [0.25, 0.3) is 0 Å². The first-order chi connectivity index (χ1) is 11.2. The van der Waals surface area contributed by atoms with Crippen molar-refractivity contribution in [2.45, 2.75) is 30.8 Å². The first-order valence-electron chi connectivity index (χ1n) is 8.08. The Labute approximate surface area is 136 Å². The molecule has 0 bridgehead atoms. The summed E-state index contributed by atoms with van der Waals surface area (Å²) in [6.07, 6.45) is 3.60. The van der Waals surface area contributed by atoms with Crippen molar-refractivity contribution in [3.63, 3.8) is 0 Å². The van der Waals surface area contributed by atoms with Gasteiger partial charge in [-0.3, -0.25) is 0 Å². The van der Waals surface area contributed by atoms with Crippen molar-refractivity contribution in [2.75, 3.05) is 0 Å². The quantitative estimate of drug-likeness (QED) is 0.938. The van der Waals surface area contributed by atoms with Crippen molar-refractivity contribution in [3.05, 3.63) is 84.1 Å². The Kier molecular flexibility index (Phi) is 3.29. The van der Waals surface area contributed by atoms with E-state index in [0.717, 1.165) is 11.1 Å². The molecule has 2 aliphatic heterocycles. The third-order valence-electron chi connectivity index (χ3n) is 4.97. The van der Waals surface area contributed by atoms with Gasteiger partial charge in [-0.2, -0.15) is 0 Å². The smallest absolute Gasteiger partial charge is 0.246 e. The fourth-order valence-corrected chi connectivity index (χ4v) is 3.85. The summed E-state index contributed by atoms with van der Waals surface area (Å²) in [6, 6.07) is 20.3. The Bertz CT molecular complexity index is 671. The Morgan fingerprint density at radius 1 is 1.00 bits per heavy atom. The summed E-state index contributed by atoms with van der Waals surface area (Å²) < 4.78 is 12.2. The summed E-state index contributed by atoms with van der Waals surface area (Å²) in [7, 11) is 0. The Balaban J connectivity index is 1.86. The summed E-state index contributed by atoms with van der Waals surface area (Å²) in [5.74, 6) is -1.03. The fraction of sp³-hybridized carbons (Fsp3) is 0.300. The zero-order chi connectivity index (χ0) is 15.9. The normalized spacial score (nSPS) is 28.5. The number of ether oxygens (including phenoxy) is 2. The van der Waals surface area contributed by atoms with Gasteiger partial charge in [-0.25, -0.2) is 0 Å². The molecule has 2 aromatic rings. The van der Waals surface area contributed by atoms with Crippen LogP contribution in [0.15, 0.2) is 73.0 Å². The predicted molar refractivity (Wildman–Crippen MR) is 87.5 cm³/mol. The molecule has 1 N–H and O–H groups in total. The van der Waals surface area contributed by atoms with Crippen LogP contribution in [0, 0.1) is 5.92 Å². The van der Waals surface area contributed by atoms with Gasteiger partial charge in [-0.05, 0) is 23.6 Å². The third-order valence-corrected chi connectivity index (χ3v) is 4.97. The van der Waals surface area contributed by atoms with E-state index in [4.69, 9.17) is 9.47 Å². The van der Waals surface area contributed by atoms with Crippen LogP contribution in [0.4, 0.5) is 0 Å². The van der Waals surface area contributed by atoms with Crippen LogP contribution in [-0.2, 0) is 15.1 Å². The fourth-order valence-electron chi connectivity index (χ4n) is 3.85. The van der Waals surface area contributed by atoms with E-state index in [9.17, 15) is 5.11 Å². The molecule has 2 aliphatic rings. The van der Waals surface area contributed by atoms with Gasteiger partial charge in [-0.15, -0.1) is 0 Å². The third kappa shape index (κ3) is 1.84. The molecule has 3 heteroatoms. The van der Waals surface area contributed by atoms with Crippen molar-refractivity contribution in [1.29, 1.82) is 0 Å². The first-order valence-corrected chi connectivity index (χ1v) is 8.08. The summed E-state index contributed by atoms with van der Waals surface area (Å²) in [5, 5.41) is 10.5. The van der Waals surface area contributed by atoms with Crippen LogP contribution in [0.3, 0.4) is 0 Å².